The summed E-state index contributed by atoms with van der Waals surface area (Å²) in [6.45, 7) is 4.80. The maximum absolute atomic E-state index is 12.0. The average molecular weight is 270 g/mol. The third kappa shape index (κ3) is 3.50. The zero-order valence-electron chi connectivity index (χ0n) is 12.4. The fourth-order valence-corrected chi connectivity index (χ4v) is 2.34. The topological polar surface area (TPSA) is 34.0 Å². The number of nitrogens with zero attached hydrogens (tertiary/aromatic N) is 1. The zero-order valence-corrected chi connectivity index (χ0v) is 12.4. The fourth-order valence-electron chi connectivity index (χ4n) is 2.34. The van der Waals surface area contributed by atoms with Gasteiger partial charge in [0.1, 0.15) is 0 Å². The molecule has 0 aliphatic heterocycles. The summed E-state index contributed by atoms with van der Waals surface area (Å²) in [5.41, 5.74) is 4.72. The Morgan fingerprint density at radius 3 is 2.50 bits per heavy atom. The van der Waals surface area contributed by atoms with Crippen molar-refractivity contribution >= 4 is 5.91 Å². The molecule has 1 heterocycles. The predicted molar refractivity (Wildman–Crippen MR) is 81.7 cm³/mol. The molecule has 0 unspecified atom stereocenters. The van der Waals surface area contributed by atoms with Crippen molar-refractivity contribution in [3.05, 3.63) is 58.9 Å². The monoisotopic (exact) mass is 270 g/mol. The summed E-state index contributed by atoms with van der Waals surface area (Å²) < 4.78 is 2.12. The highest BCUT2D eigenvalue weighted by Gasteiger charge is 2.10. The van der Waals surface area contributed by atoms with E-state index in [0.717, 1.165) is 12.0 Å². The molecule has 2 rings (SSSR count). The summed E-state index contributed by atoms with van der Waals surface area (Å²) in [7, 11) is 2.03. The largest absolute Gasteiger partial charge is 0.355 e. The summed E-state index contributed by atoms with van der Waals surface area (Å²) >= 11 is 0. The number of carbonyl (C=O) groups excluding carboxylic acids is 1. The van der Waals surface area contributed by atoms with Crippen LogP contribution in [0.15, 0.2) is 36.4 Å². The van der Waals surface area contributed by atoms with E-state index in [-0.39, 0.29) is 5.91 Å². The van der Waals surface area contributed by atoms with Crippen molar-refractivity contribution in [1.82, 2.24) is 9.88 Å². The normalized spacial score (nSPS) is 10.6. The zero-order chi connectivity index (χ0) is 14.5. The molecule has 0 aliphatic carbocycles. The van der Waals surface area contributed by atoms with Crippen molar-refractivity contribution in [2.24, 2.45) is 7.05 Å². The van der Waals surface area contributed by atoms with Crippen LogP contribution in [0.3, 0.4) is 0 Å². The molecule has 0 aliphatic rings. The van der Waals surface area contributed by atoms with E-state index in [4.69, 9.17) is 0 Å². The smallest absolute Gasteiger partial charge is 0.224 e. The molecule has 3 nitrogen and oxygen atoms in total. The minimum absolute atomic E-state index is 0.0923. The number of rotatable bonds is 5. The average Bonchev–Trinajstić information content (AvgIpc) is 2.67. The molecular formula is C17H22N2O. The van der Waals surface area contributed by atoms with Crippen LogP contribution in [0, 0.1) is 13.8 Å². The van der Waals surface area contributed by atoms with E-state index in [1.54, 1.807) is 0 Å². The summed E-state index contributed by atoms with van der Waals surface area (Å²) in [5, 5.41) is 2.99. The lowest BCUT2D eigenvalue weighted by atomic mass is 10.1. The Hall–Kier alpha value is -2.03. The second-order valence-corrected chi connectivity index (χ2v) is 5.22. The lowest BCUT2D eigenvalue weighted by Crippen LogP contribution is -2.27. The van der Waals surface area contributed by atoms with Crippen LogP contribution in [0.25, 0.3) is 0 Å². The van der Waals surface area contributed by atoms with Crippen molar-refractivity contribution in [3.63, 3.8) is 0 Å². The first-order valence-corrected chi connectivity index (χ1v) is 7.00. The van der Waals surface area contributed by atoms with Gasteiger partial charge in [-0.25, -0.2) is 0 Å². The van der Waals surface area contributed by atoms with Gasteiger partial charge in [0.05, 0.1) is 6.42 Å². The van der Waals surface area contributed by atoms with E-state index in [2.05, 4.69) is 41.9 Å². The van der Waals surface area contributed by atoms with Crippen molar-refractivity contribution in [2.45, 2.75) is 26.7 Å². The van der Waals surface area contributed by atoms with Gasteiger partial charge in [0.2, 0.25) is 5.91 Å². The van der Waals surface area contributed by atoms with Crippen LogP contribution in [0.2, 0.25) is 0 Å². The van der Waals surface area contributed by atoms with Crippen LogP contribution in [0.5, 0.6) is 0 Å². The van der Waals surface area contributed by atoms with Crippen LogP contribution >= 0.6 is 0 Å². The van der Waals surface area contributed by atoms with Crippen molar-refractivity contribution in [1.29, 1.82) is 0 Å². The summed E-state index contributed by atoms with van der Waals surface area (Å²) in [6, 6.07) is 12.3. The molecule has 0 spiro atoms. The molecule has 1 N–H and O–H groups in total. The standard InChI is InChI=1S/C17H22N2O/c1-13-11-16(14(2)19(13)3)12-17(20)18-10-9-15-7-5-4-6-8-15/h4-8,11H,9-10,12H2,1-3H3,(H,18,20). The second-order valence-electron chi connectivity index (χ2n) is 5.22. The van der Waals surface area contributed by atoms with Crippen LogP contribution in [0.1, 0.15) is 22.5 Å². The number of benzene rings is 1. The minimum Gasteiger partial charge on any atom is -0.355 e. The Kier molecular flexibility index (Phi) is 4.61. The van der Waals surface area contributed by atoms with Gasteiger partial charge < -0.3 is 9.88 Å². The first-order valence-electron chi connectivity index (χ1n) is 7.00. The van der Waals surface area contributed by atoms with Gasteiger partial charge in [-0.05, 0) is 37.5 Å². The highest BCUT2D eigenvalue weighted by atomic mass is 16.1. The van der Waals surface area contributed by atoms with E-state index in [1.165, 1.54) is 17.0 Å². The summed E-state index contributed by atoms with van der Waals surface area (Å²) in [5.74, 6) is 0.0923. The molecule has 0 saturated carbocycles. The molecule has 0 fully saturated rings. The molecular weight excluding hydrogens is 248 g/mol. The molecule has 3 heteroatoms. The lowest BCUT2D eigenvalue weighted by Gasteiger charge is -2.06. The van der Waals surface area contributed by atoms with E-state index in [0.29, 0.717) is 13.0 Å². The van der Waals surface area contributed by atoms with Gasteiger partial charge in [0.15, 0.2) is 0 Å². The predicted octanol–water partition coefficient (Wildman–Crippen LogP) is 2.54. The third-order valence-corrected chi connectivity index (χ3v) is 3.81. The number of hydrogen-bond acceptors (Lipinski definition) is 1. The molecule has 20 heavy (non-hydrogen) atoms. The first-order chi connectivity index (χ1) is 9.58. The molecule has 0 bridgehead atoms. The molecule has 106 valence electrons. The Balaban J connectivity index is 1.82. The van der Waals surface area contributed by atoms with Crippen LogP contribution < -0.4 is 5.32 Å². The minimum atomic E-state index is 0.0923. The maximum Gasteiger partial charge on any atom is 0.224 e. The fraction of sp³-hybridized carbons (Fsp3) is 0.353. The number of carbonyl (C=O) groups is 1. The Morgan fingerprint density at radius 1 is 1.20 bits per heavy atom. The van der Waals surface area contributed by atoms with Gasteiger partial charge >= 0.3 is 0 Å². The molecule has 0 radical (unpaired) electrons. The third-order valence-electron chi connectivity index (χ3n) is 3.81. The highest BCUT2D eigenvalue weighted by Crippen LogP contribution is 2.13. The van der Waals surface area contributed by atoms with E-state index in [1.807, 2.05) is 25.2 Å². The lowest BCUT2D eigenvalue weighted by molar-refractivity contribution is -0.120. The van der Waals surface area contributed by atoms with Crippen LogP contribution in [-0.4, -0.2) is 17.0 Å². The van der Waals surface area contributed by atoms with Gasteiger partial charge in [-0.2, -0.15) is 0 Å². The van der Waals surface area contributed by atoms with Crippen molar-refractivity contribution < 1.29 is 4.79 Å². The number of aromatic nitrogens is 1. The Labute approximate surface area is 120 Å². The highest BCUT2D eigenvalue weighted by molar-refractivity contribution is 5.78. The maximum atomic E-state index is 12.0. The molecule has 0 atom stereocenters. The van der Waals surface area contributed by atoms with E-state index >= 15 is 0 Å². The van der Waals surface area contributed by atoms with Crippen molar-refractivity contribution in [3.8, 4) is 0 Å². The van der Waals surface area contributed by atoms with Gasteiger partial charge in [0, 0.05) is 25.0 Å². The Bertz CT molecular complexity index is 585. The molecule has 1 aromatic carbocycles. The van der Waals surface area contributed by atoms with Crippen molar-refractivity contribution in [2.75, 3.05) is 6.54 Å². The van der Waals surface area contributed by atoms with Gasteiger partial charge in [0.25, 0.3) is 0 Å². The number of hydrogen-bond donors (Lipinski definition) is 1. The molecule has 2 aromatic rings. The first kappa shape index (κ1) is 14.4. The van der Waals surface area contributed by atoms with Gasteiger partial charge in [-0.15, -0.1) is 0 Å². The molecule has 1 amide bonds. The molecule has 1 aromatic heterocycles. The van der Waals surface area contributed by atoms with E-state index < -0.39 is 0 Å². The Morgan fingerprint density at radius 2 is 1.90 bits per heavy atom. The van der Waals surface area contributed by atoms with Crippen LogP contribution in [-0.2, 0) is 24.7 Å². The summed E-state index contributed by atoms with van der Waals surface area (Å²) in [6.07, 6.45) is 1.34. The van der Waals surface area contributed by atoms with Gasteiger partial charge in [-0.3, -0.25) is 4.79 Å². The second kappa shape index (κ2) is 6.42. The van der Waals surface area contributed by atoms with E-state index in [9.17, 15) is 4.79 Å². The number of amides is 1. The summed E-state index contributed by atoms with van der Waals surface area (Å²) in [4.78, 5) is 12.0. The molecule has 0 saturated heterocycles. The quantitative estimate of drug-likeness (QED) is 0.890. The van der Waals surface area contributed by atoms with Crippen LogP contribution in [0.4, 0.5) is 0 Å². The van der Waals surface area contributed by atoms with Gasteiger partial charge in [-0.1, -0.05) is 30.3 Å². The SMILES string of the molecule is Cc1cc(CC(=O)NCCc2ccccc2)c(C)n1C. The number of nitrogens with one attached hydrogen (secondary N) is 1. The number of aryl methyl sites for hydroxylation is 1.